The molecular weight excluding hydrogens is 288 g/mol. The van der Waals surface area contributed by atoms with E-state index in [0.717, 1.165) is 18.7 Å². The van der Waals surface area contributed by atoms with Crippen LogP contribution in [0.4, 0.5) is 4.79 Å². The molecule has 1 aromatic rings. The van der Waals surface area contributed by atoms with Crippen LogP contribution in [0.2, 0.25) is 0 Å². The molecule has 4 nitrogen and oxygen atoms in total. The zero-order valence-electron chi connectivity index (χ0n) is 12.4. The van der Waals surface area contributed by atoms with Crippen LogP contribution < -0.4 is 0 Å². The van der Waals surface area contributed by atoms with E-state index in [2.05, 4.69) is 11.8 Å². The minimum absolute atomic E-state index is 0. The highest BCUT2D eigenvalue weighted by molar-refractivity contribution is 5.85. The van der Waals surface area contributed by atoms with E-state index in [9.17, 15) is 4.79 Å². The summed E-state index contributed by atoms with van der Waals surface area (Å²) in [5, 5.41) is 0. The molecule has 0 N–H and O–H groups in total. The second-order valence-electron chi connectivity index (χ2n) is 5.70. The van der Waals surface area contributed by atoms with Gasteiger partial charge in [-0.05, 0) is 38.4 Å². The number of hydrogen-bond acceptors (Lipinski definition) is 3. The molecular formula is C16H23ClN2O2. The lowest BCUT2D eigenvalue weighted by Crippen LogP contribution is -2.38. The van der Waals surface area contributed by atoms with Crippen molar-refractivity contribution in [3.8, 4) is 0 Å². The van der Waals surface area contributed by atoms with E-state index in [1.807, 2.05) is 35.2 Å². The molecule has 2 unspecified atom stereocenters. The summed E-state index contributed by atoms with van der Waals surface area (Å²) in [7, 11) is 0. The van der Waals surface area contributed by atoms with Crippen LogP contribution in [0.5, 0.6) is 0 Å². The number of ether oxygens (including phenoxy) is 1. The van der Waals surface area contributed by atoms with Gasteiger partial charge in [0.15, 0.2) is 0 Å². The Kier molecular flexibility index (Phi) is 5.48. The Bertz CT molecular complexity index is 463. The molecule has 2 fully saturated rings. The fourth-order valence-electron chi connectivity index (χ4n) is 3.14. The van der Waals surface area contributed by atoms with Crippen molar-refractivity contribution in [1.82, 2.24) is 9.80 Å². The molecule has 116 valence electrons. The normalized spacial score (nSPS) is 25.8. The lowest BCUT2D eigenvalue weighted by molar-refractivity contribution is 0.130. The predicted octanol–water partition coefficient (Wildman–Crippen LogP) is 3.09. The van der Waals surface area contributed by atoms with Crippen LogP contribution in [0, 0.1) is 0 Å². The van der Waals surface area contributed by atoms with Crippen LogP contribution in [-0.2, 0) is 4.74 Å². The fourth-order valence-corrected chi connectivity index (χ4v) is 3.14. The van der Waals surface area contributed by atoms with Crippen LogP contribution in [0.25, 0.3) is 0 Å². The van der Waals surface area contributed by atoms with Gasteiger partial charge in [-0.2, -0.15) is 0 Å². The van der Waals surface area contributed by atoms with Crippen molar-refractivity contribution in [2.45, 2.75) is 31.9 Å². The zero-order valence-corrected chi connectivity index (χ0v) is 13.2. The van der Waals surface area contributed by atoms with E-state index < -0.39 is 0 Å². The van der Waals surface area contributed by atoms with Crippen LogP contribution >= 0.6 is 12.4 Å². The molecule has 1 aromatic carbocycles. The zero-order chi connectivity index (χ0) is 13.9. The summed E-state index contributed by atoms with van der Waals surface area (Å²) >= 11 is 0. The van der Waals surface area contributed by atoms with E-state index in [4.69, 9.17) is 4.74 Å². The summed E-state index contributed by atoms with van der Waals surface area (Å²) in [6.45, 7) is 6.13. The Morgan fingerprint density at radius 1 is 1.14 bits per heavy atom. The van der Waals surface area contributed by atoms with Gasteiger partial charge in [-0.25, -0.2) is 4.79 Å². The molecule has 3 rings (SSSR count). The van der Waals surface area contributed by atoms with Crippen molar-refractivity contribution >= 4 is 18.5 Å². The molecule has 1 amide bonds. The van der Waals surface area contributed by atoms with Gasteiger partial charge >= 0.3 is 6.09 Å². The number of benzene rings is 1. The standard InChI is InChI=1S/C16H22N2O2.ClH/c1-13-15(14-7-3-2-4-8-14)20-16(19)18(13)12-11-17-9-5-6-10-17;/h2-4,7-8,13,15H,5-6,9-12H2,1H3;1H. The number of halogens is 1. The molecule has 21 heavy (non-hydrogen) atoms. The maximum Gasteiger partial charge on any atom is 0.410 e. The number of cyclic esters (lactones) is 1. The van der Waals surface area contributed by atoms with E-state index in [0.29, 0.717) is 0 Å². The topological polar surface area (TPSA) is 32.8 Å². The van der Waals surface area contributed by atoms with E-state index in [-0.39, 0.29) is 30.6 Å². The number of hydrogen-bond donors (Lipinski definition) is 0. The number of carbonyl (C=O) groups excluding carboxylic acids is 1. The number of amides is 1. The van der Waals surface area contributed by atoms with Crippen molar-refractivity contribution in [3.05, 3.63) is 35.9 Å². The molecule has 0 aromatic heterocycles. The summed E-state index contributed by atoms with van der Waals surface area (Å²) < 4.78 is 5.56. The Morgan fingerprint density at radius 3 is 2.48 bits per heavy atom. The second kappa shape index (κ2) is 7.14. The van der Waals surface area contributed by atoms with Crippen molar-refractivity contribution < 1.29 is 9.53 Å². The van der Waals surface area contributed by atoms with Gasteiger partial charge in [0.25, 0.3) is 0 Å². The first-order valence-corrected chi connectivity index (χ1v) is 7.50. The first kappa shape index (κ1) is 16.1. The quantitative estimate of drug-likeness (QED) is 0.857. The number of nitrogens with zero attached hydrogens (tertiary/aromatic N) is 2. The van der Waals surface area contributed by atoms with Gasteiger partial charge in [0.2, 0.25) is 0 Å². The molecule has 0 aliphatic carbocycles. The average molecular weight is 311 g/mol. The Hall–Kier alpha value is -1.26. The SMILES string of the molecule is CC1C(c2ccccc2)OC(=O)N1CCN1CCCC1.Cl. The summed E-state index contributed by atoms with van der Waals surface area (Å²) in [5.74, 6) is 0. The summed E-state index contributed by atoms with van der Waals surface area (Å²) in [5.41, 5.74) is 1.08. The van der Waals surface area contributed by atoms with Gasteiger partial charge in [0, 0.05) is 13.1 Å². The van der Waals surface area contributed by atoms with Crippen molar-refractivity contribution in [3.63, 3.8) is 0 Å². The summed E-state index contributed by atoms with van der Waals surface area (Å²) in [6, 6.07) is 10.1. The maximum atomic E-state index is 12.1. The van der Waals surface area contributed by atoms with Crippen LogP contribution in [0.15, 0.2) is 30.3 Å². The van der Waals surface area contributed by atoms with Crippen molar-refractivity contribution in [1.29, 1.82) is 0 Å². The summed E-state index contributed by atoms with van der Waals surface area (Å²) in [6.07, 6.45) is 2.26. The van der Waals surface area contributed by atoms with Gasteiger partial charge in [-0.15, -0.1) is 12.4 Å². The predicted molar refractivity (Wildman–Crippen MR) is 84.8 cm³/mol. The van der Waals surface area contributed by atoms with Gasteiger partial charge in [0.1, 0.15) is 6.10 Å². The molecule has 2 atom stereocenters. The van der Waals surface area contributed by atoms with Crippen LogP contribution in [-0.4, -0.2) is 48.1 Å². The van der Waals surface area contributed by atoms with Crippen LogP contribution in [0.3, 0.4) is 0 Å². The highest BCUT2D eigenvalue weighted by Gasteiger charge is 2.39. The third-order valence-electron chi connectivity index (χ3n) is 4.38. The van der Waals surface area contributed by atoms with E-state index in [1.54, 1.807) is 0 Å². The maximum absolute atomic E-state index is 12.1. The number of likely N-dealkylation sites (tertiary alicyclic amines) is 1. The molecule has 0 bridgehead atoms. The van der Waals surface area contributed by atoms with Gasteiger partial charge in [-0.3, -0.25) is 0 Å². The van der Waals surface area contributed by atoms with Crippen molar-refractivity contribution in [2.24, 2.45) is 0 Å². The minimum Gasteiger partial charge on any atom is -0.439 e. The molecule has 2 heterocycles. The Balaban J connectivity index is 0.00000161. The molecule has 2 aliphatic rings. The fraction of sp³-hybridized carbons (Fsp3) is 0.562. The molecule has 0 spiro atoms. The Labute approximate surface area is 132 Å². The highest BCUT2D eigenvalue weighted by Crippen LogP contribution is 2.31. The van der Waals surface area contributed by atoms with Gasteiger partial charge in [0.05, 0.1) is 6.04 Å². The molecule has 0 saturated carbocycles. The minimum atomic E-state index is -0.175. The van der Waals surface area contributed by atoms with Gasteiger partial charge < -0.3 is 14.5 Å². The third kappa shape index (κ3) is 3.50. The first-order valence-electron chi connectivity index (χ1n) is 7.50. The van der Waals surface area contributed by atoms with Crippen molar-refractivity contribution in [2.75, 3.05) is 26.2 Å². The summed E-state index contributed by atoms with van der Waals surface area (Å²) in [4.78, 5) is 16.4. The molecule has 5 heteroatoms. The largest absolute Gasteiger partial charge is 0.439 e. The third-order valence-corrected chi connectivity index (χ3v) is 4.38. The average Bonchev–Trinajstić information content (AvgIpc) is 3.07. The second-order valence-corrected chi connectivity index (χ2v) is 5.70. The van der Waals surface area contributed by atoms with E-state index >= 15 is 0 Å². The lowest BCUT2D eigenvalue weighted by Gasteiger charge is -2.23. The van der Waals surface area contributed by atoms with E-state index in [1.165, 1.54) is 25.9 Å². The van der Waals surface area contributed by atoms with Crippen LogP contribution in [0.1, 0.15) is 31.4 Å². The number of rotatable bonds is 4. The number of carbonyl (C=O) groups is 1. The monoisotopic (exact) mass is 310 g/mol. The lowest BCUT2D eigenvalue weighted by atomic mass is 10.0. The highest BCUT2D eigenvalue weighted by atomic mass is 35.5. The molecule has 0 radical (unpaired) electrons. The first-order chi connectivity index (χ1) is 9.75. The Morgan fingerprint density at radius 2 is 1.81 bits per heavy atom. The molecule has 2 saturated heterocycles. The molecule has 2 aliphatic heterocycles. The smallest absolute Gasteiger partial charge is 0.410 e. The van der Waals surface area contributed by atoms with Gasteiger partial charge in [-0.1, -0.05) is 30.3 Å².